The highest BCUT2D eigenvalue weighted by atomic mass is 32.2. The lowest BCUT2D eigenvalue weighted by atomic mass is 10.1. The van der Waals surface area contributed by atoms with Gasteiger partial charge in [-0.3, -0.25) is 14.9 Å². The molecule has 0 saturated heterocycles. The standard InChI is InChI=1S/C21H19N3O4S/c1-15-2-4-16(5-3-15)13-29-14-21(25)23-22-12-19-10-11-20(28-19)17-6-8-18(9-7-17)24(26)27/h2-12H,13-14H2,1H3,(H,23,25). The summed E-state index contributed by atoms with van der Waals surface area (Å²) in [6, 6.07) is 17.7. The molecule has 0 aliphatic heterocycles. The number of carbonyl (C=O) groups excluding carboxylic acids is 1. The molecule has 1 heterocycles. The topological polar surface area (TPSA) is 97.7 Å². The minimum atomic E-state index is -0.453. The molecule has 1 aromatic heterocycles. The minimum Gasteiger partial charge on any atom is -0.455 e. The summed E-state index contributed by atoms with van der Waals surface area (Å²) < 4.78 is 5.62. The highest BCUT2D eigenvalue weighted by molar-refractivity contribution is 7.99. The number of nitrogens with zero attached hydrogens (tertiary/aromatic N) is 2. The maximum absolute atomic E-state index is 11.9. The van der Waals surface area contributed by atoms with Crippen LogP contribution in [0.3, 0.4) is 0 Å². The molecule has 0 radical (unpaired) electrons. The van der Waals surface area contributed by atoms with E-state index in [2.05, 4.69) is 34.8 Å². The zero-order chi connectivity index (χ0) is 20.6. The lowest BCUT2D eigenvalue weighted by molar-refractivity contribution is -0.384. The van der Waals surface area contributed by atoms with Crippen molar-refractivity contribution in [2.45, 2.75) is 12.7 Å². The number of furan rings is 1. The average molecular weight is 409 g/mol. The van der Waals surface area contributed by atoms with Gasteiger partial charge in [0.25, 0.3) is 5.69 Å². The second kappa shape index (κ2) is 9.70. The first-order valence-electron chi connectivity index (χ1n) is 8.81. The molecule has 1 N–H and O–H groups in total. The van der Waals surface area contributed by atoms with Gasteiger partial charge >= 0.3 is 0 Å². The Kier molecular flexibility index (Phi) is 6.80. The number of carbonyl (C=O) groups is 1. The molecule has 8 heteroatoms. The maximum atomic E-state index is 11.9. The number of amides is 1. The Balaban J connectivity index is 1.46. The van der Waals surface area contributed by atoms with Gasteiger partial charge in [-0.25, -0.2) is 5.43 Å². The monoisotopic (exact) mass is 409 g/mol. The number of non-ortho nitro benzene ring substituents is 1. The van der Waals surface area contributed by atoms with Gasteiger partial charge in [0.1, 0.15) is 11.5 Å². The van der Waals surface area contributed by atoms with Crippen LogP contribution in [-0.4, -0.2) is 22.8 Å². The number of rotatable bonds is 8. The summed E-state index contributed by atoms with van der Waals surface area (Å²) in [4.78, 5) is 22.1. The summed E-state index contributed by atoms with van der Waals surface area (Å²) in [5.41, 5.74) is 5.58. The SMILES string of the molecule is Cc1ccc(CSCC(=O)NN=Cc2ccc(-c3ccc([N+](=O)[O-])cc3)o2)cc1. The fourth-order valence-corrected chi connectivity index (χ4v) is 3.25. The van der Waals surface area contributed by atoms with E-state index in [1.807, 2.05) is 6.92 Å². The van der Waals surface area contributed by atoms with Crippen molar-refractivity contribution < 1.29 is 14.1 Å². The predicted molar refractivity (Wildman–Crippen MR) is 114 cm³/mol. The van der Waals surface area contributed by atoms with Crippen molar-refractivity contribution in [2.75, 3.05) is 5.75 Å². The van der Waals surface area contributed by atoms with Crippen LogP contribution in [0, 0.1) is 17.0 Å². The molecule has 0 aliphatic rings. The van der Waals surface area contributed by atoms with Gasteiger partial charge in [0.2, 0.25) is 5.91 Å². The lowest BCUT2D eigenvalue weighted by Gasteiger charge is -2.02. The molecule has 29 heavy (non-hydrogen) atoms. The van der Waals surface area contributed by atoms with E-state index in [4.69, 9.17) is 4.42 Å². The Morgan fingerprint density at radius 1 is 1.14 bits per heavy atom. The quantitative estimate of drug-likeness (QED) is 0.334. The summed E-state index contributed by atoms with van der Waals surface area (Å²) in [6.45, 7) is 2.04. The normalized spacial score (nSPS) is 10.9. The van der Waals surface area contributed by atoms with Gasteiger partial charge in [-0.15, -0.1) is 11.8 Å². The van der Waals surface area contributed by atoms with Crippen molar-refractivity contribution in [3.05, 3.63) is 87.7 Å². The van der Waals surface area contributed by atoms with Crippen LogP contribution in [0.2, 0.25) is 0 Å². The van der Waals surface area contributed by atoms with Crippen molar-refractivity contribution in [1.82, 2.24) is 5.43 Å². The number of nitro benzene ring substituents is 1. The fraction of sp³-hybridized carbons (Fsp3) is 0.143. The van der Waals surface area contributed by atoms with Gasteiger partial charge in [0.15, 0.2) is 0 Å². The number of thioether (sulfide) groups is 1. The zero-order valence-electron chi connectivity index (χ0n) is 15.7. The molecule has 0 saturated carbocycles. The molecule has 3 aromatic rings. The van der Waals surface area contributed by atoms with Gasteiger partial charge < -0.3 is 4.42 Å². The van der Waals surface area contributed by atoms with E-state index in [-0.39, 0.29) is 11.6 Å². The van der Waals surface area contributed by atoms with E-state index in [0.29, 0.717) is 22.8 Å². The summed E-state index contributed by atoms with van der Waals surface area (Å²) in [5.74, 6) is 1.89. The van der Waals surface area contributed by atoms with Crippen LogP contribution < -0.4 is 5.43 Å². The molecule has 1 amide bonds. The Hall–Kier alpha value is -3.39. The van der Waals surface area contributed by atoms with E-state index in [0.717, 1.165) is 5.75 Å². The van der Waals surface area contributed by atoms with E-state index in [1.165, 1.54) is 41.2 Å². The van der Waals surface area contributed by atoms with Crippen molar-refractivity contribution in [1.29, 1.82) is 0 Å². The molecule has 148 valence electrons. The number of aryl methyl sites for hydroxylation is 1. The number of hydrogen-bond donors (Lipinski definition) is 1. The Morgan fingerprint density at radius 3 is 2.55 bits per heavy atom. The molecular weight excluding hydrogens is 390 g/mol. The maximum Gasteiger partial charge on any atom is 0.269 e. The first-order valence-corrected chi connectivity index (χ1v) is 9.96. The summed E-state index contributed by atoms with van der Waals surface area (Å²) in [5, 5.41) is 14.6. The van der Waals surface area contributed by atoms with E-state index in [1.54, 1.807) is 24.3 Å². The van der Waals surface area contributed by atoms with Crippen molar-refractivity contribution in [3.63, 3.8) is 0 Å². The van der Waals surface area contributed by atoms with E-state index < -0.39 is 4.92 Å². The first-order chi connectivity index (χ1) is 14.0. The number of nitrogens with one attached hydrogen (secondary N) is 1. The molecule has 0 atom stereocenters. The van der Waals surface area contributed by atoms with Crippen LogP contribution >= 0.6 is 11.8 Å². The zero-order valence-corrected chi connectivity index (χ0v) is 16.5. The van der Waals surface area contributed by atoms with Crippen LogP contribution in [0.4, 0.5) is 5.69 Å². The van der Waals surface area contributed by atoms with Crippen LogP contribution in [0.15, 0.2) is 70.2 Å². The number of hydrazone groups is 1. The van der Waals surface area contributed by atoms with Gasteiger partial charge in [0.05, 0.1) is 16.9 Å². The summed E-state index contributed by atoms with van der Waals surface area (Å²) in [6.07, 6.45) is 1.41. The highest BCUT2D eigenvalue weighted by Crippen LogP contribution is 2.24. The highest BCUT2D eigenvalue weighted by Gasteiger charge is 2.08. The first kappa shape index (κ1) is 20.3. The molecule has 3 rings (SSSR count). The Bertz CT molecular complexity index is 1010. The van der Waals surface area contributed by atoms with Gasteiger partial charge in [-0.1, -0.05) is 29.8 Å². The summed E-state index contributed by atoms with van der Waals surface area (Å²) in [7, 11) is 0. The van der Waals surface area contributed by atoms with Crippen molar-refractivity contribution in [2.24, 2.45) is 5.10 Å². The third-order valence-electron chi connectivity index (χ3n) is 3.99. The predicted octanol–water partition coefficient (Wildman–Crippen LogP) is 4.55. The van der Waals surface area contributed by atoms with Crippen LogP contribution in [0.5, 0.6) is 0 Å². The van der Waals surface area contributed by atoms with Gasteiger partial charge in [0, 0.05) is 23.4 Å². The smallest absolute Gasteiger partial charge is 0.269 e. The average Bonchev–Trinajstić information content (AvgIpc) is 3.18. The minimum absolute atomic E-state index is 0.0186. The molecule has 0 fully saturated rings. The van der Waals surface area contributed by atoms with E-state index >= 15 is 0 Å². The lowest BCUT2D eigenvalue weighted by Crippen LogP contribution is -2.19. The second-order valence-corrected chi connectivity index (χ2v) is 7.26. The molecule has 0 unspecified atom stereocenters. The largest absolute Gasteiger partial charge is 0.455 e. The fourth-order valence-electron chi connectivity index (χ4n) is 2.47. The molecule has 7 nitrogen and oxygen atoms in total. The summed E-state index contributed by atoms with van der Waals surface area (Å²) >= 11 is 1.51. The molecule has 2 aromatic carbocycles. The number of nitro groups is 1. The number of benzene rings is 2. The van der Waals surface area contributed by atoms with Crippen molar-refractivity contribution in [3.8, 4) is 11.3 Å². The second-order valence-electron chi connectivity index (χ2n) is 6.28. The van der Waals surface area contributed by atoms with Crippen LogP contribution in [-0.2, 0) is 10.5 Å². The molecule has 0 aliphatic carbocycles. The van der Waals surface area contributed by atoms with Crippen LogP contribution in [0.25, 0.3) is 11.3 Å². The number of hydrogen-bond acceptors (Lipinski definition) is 6. The third-order valence-corrected chi connectivity index (χ3v) is 5.00. The molecule has 0 spiro atoms. The Labute approximate surface area is 172 Å². The third kappa shape index (κ3) is 6.05. The van der Waals surface area contributed by atoms with Gasteiger partial charge in [-0.05, 0) is 36.8 Å². The van der Waals surface area contributed by atoms with Crippen molar-refractivity contribution >= 4 is 29.6 Å². The molecular formula is C21H19N3O4S. The molecule has 0 bridgehead atoms. The Morgan fingerprint density at radius 2 is 1.86 bits per heavy atom. The van der Waals surface area contributed by atoms with Crippen LogP contribution in [0.1, 0.15) is 16.9 Å². The van der Waals surface area contributed by atoms with E-state index in [9.17, 15) is 14.9 Å². The van der Waals surface area contributed by atoms with Gasteiger partial charge in [-0.2, -0.15) is 5.10 Å².